The van der Waals surface area contributed by atoms with Crippen molar-refractivity contribution in [1.29, 1.82) is 0 Å². The van der Waals surface area contributed by atoms with Crippen molar-refractivity contribution in [2.75, 3.05) is 18.5 Å². The zero-order valence-corrected chi connectivity index (χ0v) is 23.7. The van der Waals surface area contributed by atoms with Crippen LogP contribution in [0.15, 0.2) is 53.5 Å². The van der Waals surface area contributed by atoms with E-state index in [4.69, 9.17) is 26.8 Å². The van der Waals surface area contributed by atoms with Gasteiger partial charge in [-0.2, -0.15) is 13.2 Å². The van der Waals surface area contributed by atoms with Gasteiger partial charge < -0.3 is 20.5 Å². The molecule has 1 aliphatic carbocycles. The van der Waals surface area contributed by atoms with Crippen molar-refractivity contribution in [1.82, 2.24) is 4.57 Å². The minimum atomic E-state index is -4.55. The quantitative estimate of drug-likeness (QED) is 0.315. The number of nitrogens with one attached hydrogen (secondary N) is 1. The van der Waals surface area contributed by atoms with Crippen molar-refractivity contribution < 1.29 is 36.6 Å². The minimum Gasteiger partial charge on any atom is -0.491 e. The summed E-state index contributed by atoms with van der Waals surface area (Å²) in [4.78, 5) is 38.4. The van der Waals surface area contributed by atoms with Crippen LogP contribution in [0.3, 0.4) is 0 Å². The fraction of sp³-hybridized carbons (Fsp3) is 0.367. The van der Waals surface area contributed by atoms with Crippen LogP contribution >= 0.6 is 11.6 Å². The van der Waals surface area contributed by atoms with E-state index in [9.17, 15) is 31.9 Å². The highest BCUT2D eigenvalue weighted by atomic mass is 35.5. The van der Waals surface area contributed by atoms with Crippen LogP contribution in [0.1, 0.15) is 48.1 Å². The molecule has 3 N–H and O–H groups in total. The Bertz CT molecular complexity index is 1640. The van der Waals surface area contributed by atoms with Crippen molar-refractivity contribution in [2.24, 2.45) is 11.7 Å². The largest absolute Gasteiger partial charge is 0.491 e. The maximum absolute atomic E-state index is 14.4. The molecule has 0 spiro atoms. The second-order valence-corrected chi connectivity index (χ2v) is 11.4. The van der Waals surface area contributed by atoms with Crippen LogP contribution in [0.2, 0.25) is 5.02 Å². The molecular formula is C30H28ClF4N3O5. The molecule has 2 heterocycles. The van der Waals surface area contributed by atoms with E-state index >= 15 is 0 Å². The molecule has 2 amide bonds. The first-order chi connectivity index (χ1) is 20.2. The summed E-state index contributed by atoms with van der Waals surface area (Å²) < 4.78 is 68.5. The summed E-state index contributed by atoms with van der Waals surface area (Å²) in [5, 5.41) is 2.80. The molecule has 5 rings (SSSR count). The summed E-state index contributed by atoms with van der Waals surface area (Å²) in [5.41, 5.74) is 4.72. The normalized spacial score (nSPS) is 17.9. The molecule has 1 fully saturated rings. The first kappa shape index (κ1) is 30.6. The molecule has 2 atom stereocenters. The number of anilines is 1. The maximum atomic E-state index is 14.4. The third-order valence-corrected chi connectivity index (χ3v) is 7.95. The summed E-state index contributed by atoms with van der Waals surface area (Å²) in [5.74, 6) is -4.52. The van der Waals surface area contributed by atoms with Gasteiger partial charge in [0.2, 0.25) is 5.91 Å². The van der Waals surface area contributed by atoms with E-state index in [2.05, 4.69) is 5.32 Å². The van der Waals surface area contributed by atoms with Crippen LogP contribution in [-0.4, -0.2) is 41.4 Å². The summed E-state index contributed by atoms with van der Waals surface area (Å²) in [7, 11) is 0. The number of hydrogen-bond donors (Lipinski definition) is 2. The molecule has 13 heteroatoms. The van der Waals surface area contributed by atoms with E-state index in [-0.39, 0.29) is 52.6 Å². The maximum Gasteiger partial charge on any atom is 0.395 e. The number of amides is 2. The Morgan fingerprint density at radius 3 is 2.58 bits per heavy atom. The zero-order chi connectivity index (χ0) is 31.1. The molecule has 2 aromatic carbocycles. The average Bonchev–Trinajstić information content (AvgIpc) is 3.65. The van der Waals surface area contributed by atoms with Gasteiger partial charge in [-0.25, -0.2) is 4.39 Å². The third-order valence-electron chi connectivity index (χ3n) is 7.71. The predicted molar refractivity (Wildman–Crippen MR) is 151 cm³/mol. The number of nitrogens with two attached hydrogens (primary N) is 1. The van der Waals surface area contributed by atoms with Gasteiger partial charge in [-0.3, -0.25) is 19.0 Å². The minimum absolute atomic E-state index is 0.000270. The number of carbonyl (C=O) groups is 2. The van der Waals surface area contributed by atoms with Gasteiger partial charge in [-0.15, -0.1) is 0 Å². The molecule has 2 unspecified atom stereocenters. The Kier molecular flexibility index (Phi) is 8.28. The number of benzene rings is 2. The summed E-state index contributed by atoms with van der Waals surface area (Å²) in [6.07, 6.45) is -2.03. The van der Waals surface area contributed by atoms with Gasteiger partial charge in [0.25, 0.3) is 11.5 Å². The Labute approximate surface area is 248 Å². The highest BCUT2D eigenvalue weighted by Gasteiger charge is 2.42. The zero-order valence-electron chi connectivity index (χ0n) is 23.0. The number of pyridine rings is 1. The third kappa shape index (κ3) is 6.86. The van der Waals surface area contributed by atoms with Gasteiger partial charge in [-0.05, 0) is 67.6 Å². The summed E-state index contributed by atoms with van der Waals surface area (Å²) in [6.45, 7) is 1.29. The van der Waals surface area contributed by atoms with E-state index in [0.717, 1.165) is 29.5 Å². The molecule has 43 heavy (non-hydrogen) atoms. The predicted octanol–water partition coefficient (Wildman–Crippen LogP) is 5.66. The molecule has 228 valence electrons. The first-order valence-corrected chi connectivity index (χ1v) is 13.9. The van der Waals surface area contributed by atoms with Gasteiger partial charge in [0.1, 0.15) is 24.2 Å². The lowest BCUT2D eigenvalue weighted by molar-refractivity contribution is -0.181. The summed E-state index contributed by atoms with van der Waals surface area (Å²) in [6, 6.07) is 7.74. The van der Waals surface area contributed by atoms with Crippen LogP contribution in [-0.2, 0) is 16.0 Å². The number of rotatable bonds is 8. The monoisotopic (exact) mass is 621 g/mol. The van der Waals surface area contributed by atoms with Crippen molar-refractivity contribution in [3.8, 4) is 16.9 Å². The van der Waals surface area contributed by atoms with Crippen molar-refractivity contribution in [3.63, 3.8) is 0 Å². The van der Waals surface area contributed by atoms with Gasteiger partial charge in [0, 0.05) is 35.4 Å². The molecule has 3 aromatic rings. The molecule has 1 saturated carbocycles. The Morgan fingerprint density at radius 1 is 1.19 bits per heavy atom. The van der Waals surface area contributed by atoms with Crippen molar-refractivity contribution in [3.05, 3.63) is 81.0 Å². The highest BCUT2D eigenvalue weighted by Crippen LogP contribution is 2.41. The molecular weight excluding hydrogens is 594 g/mol. The number of carbonyl (C=O) groups excluding carboxylic acids is 2. The smallest absolute Gasteiger partial charge is 0.395 e. The summed E-state index contributed by atoms with van der Waals surface area (Å²) >= 11 is 6.18. The molecule has 8 nitrogen and oxygen atoms in total. The Morgan fingerprint density at radius 2 is 1.93 bits per heavy atom. The van der Waals surface area contributed by atoms with Crippen LogP contribution < -0.4 is 21.3 Å². The molecule has 1 aromatic heterocycles. The Hall–Kier alpha value is -3.90. The standard InChI is InChI=1S/C30H28ClF4N3O5/c1-29(7-8-29)43-9-6-24(28(41)37-19-4-5-20(27(36)40)23(32)12-19)38-14-25-22(13-26(38)39)21-11-18(31)3-2-16(21)10-17(15-42-25)30(33,34)35/h2-5,11-14,17,24H,6-10,15H2,1H3,(H2,36,40)(H,37,41). The molecule has 0 saturated heterocycles. The lowest BCUT2D eigenvalue weighted by Crippen LogP contribution is -2.35. The van der Waals surface area contributed by atoms with Crippen molar-refractivity contribution >= 4 is 29.1 Å². The number of ether oxygens (including phenoxy) is 2. The Balaban J connectivity index is 1.53. The number of halogens is 5. The number of aromatic nitrogens is 1. The number of hydrogen-bond acceptors (Lipinski definition) is 5. The number of nitrogens with zero attached hydrogens (tertiary/aromatic N) is 1. The van der Waals surface area contributed by atoms with Gasteiger partial charge >= 0.3 is 6.18 Å². The number of primary amides is 1. The molecule has 2 aliphatic rings. The van der Waals surface area contributed by atoms with E-state index in [1.165, 1.54) is 36.5 Å². The van der Waals surface area contributed by atoms with Crippen molar-refractivity contribution in [2.45, 2.75) is 50.4 Å². The molecule has 0 radical (unpaired) electrons. The van der Waals surface area contributed by atoms with Gasteiger partial charge in [-0.1, -0.05) is 17.7 Å². The average molecular weight is 622 g/mol. The lowest BCUT2D eigenvalue weighted by Gasteiger charge is -2.27. The highest BCUT2D eigenvalue weighted by molar-refractivity contribution is 6.30. The molecule has 1 aliphatic heterocycles. The first-order valence-electron chi connectivity index (χ1n) is 13.5. The molecule has 0 bridgehead atoms. The topological polar surface area (TPSA) is 113 Å². The second kappa shape index (κ2) is 11.6. The van der Waals surface area contributed by atoms with Gasteiger partial charge in [0.05, 0.1) is 23.3 Å². The fourth-order valence-electron chi connectivity index (χ4n) is 4.95. The fourth-order valence-corrected chi connectivity index (χ4v) is 5.12. The van der Waals surface area contributed by atoms with Crippen LogP contribution in [0.5, 0.6) is 5.75 Å². The lowest BCUT2D eigenvalue weighted by atomic mass is 9.91. The van der Waals surface area contributed by atoms with E-state index in [1.54, 1.807) is 0 Å². The number of fused-ring (bicyclic) bond motifs is 3. The van der Waals surface area contributed by atoms with E-state index < -0.39 is 47.9 Å². The van der Waals surface area contributed by atoms with Gasteiger partial charge in [0.15, 0.2) is 0 Å². The SMILES string of the molecule is CC1(OCCC(C(=O)Nc2ccc(C(N)=O)c(F)c2)n2cc3c(cc2=O)-c2cc(Cl)ccc2CC(C(F)(F)F)CO3)CC1. The van der Waals surface area contributed by atoms with Crippen LogP contribution in [0.25, 0.3) is 11.1 Å². The van der Waals surface area contributed by atoms with E-state index in [0.29, 0.717) is 11.1 Å². The van der Waals surface area contributed by atoms with Crippen LogP contribution in [0.4, 0.5) is 23.2 Å². The van der Waals surface area contributed by atoms with E-state index in [1.807, 2.05) is 6.92 Å². The second-order valence-electron chi connectivity index (χ2n) is 11.0. The number of alkyl halides is 3. The van der Waals surface area contributed by atoms with Crippen LogP contribution in [0, 0.1) is 11.7 Å².